The van der Waals surface area contributed by atoms with E-state index in [-0.39, 0.29) is 18.1 Å². The molecule has 3 rings (SSSR count). The molecule has 0 N–H and O–H groups in total. The maximum Gasteiger partial charge on any atom is 0.416 e. The van der Waals surface area contributed by atoms with Gasteiger partial charge in [0.1, 0.15) is 6.04 Å². The number of anilines is 1. The topological polar surface area (TPSA) is 53.5 Å². The summed E-state index contributed by atoms with van der Waals surface area (Å²) in [7, 11) is 1.51. The van der Waals surface area contributed by atoms with Crippen LogP contribution in [0.2, 0.25) is 0 Å². The van der Waals surface area contributed by atoms with E-state index in [1.807, 2.05) is 0 Å². The molecule has 2 amide bonds. The molecule has 1 aromatic heterocycles. The molecule has 0 bridgehead atoms. The zero-order chi connectivity index (χ0) is 18.9. The van der Waals surface area contributed by atoms with Crippen LogP contribution in [0, 0.1) is 0 Å². The van der Waals surface area contributed by atoms with Gasteiger partial charge >= 0.3 is 6.18 Å². The lowest BCUT2D eigenvalue weighted by Gasteiger charge is -2.24. The zero-order valence-electron chi connectivity index (χ0n) is 13.9. The van der Waals surface area contributed by atoms with E-state index in [9.17, 15) is 22.8 Å². The summed E-state index contributed by atoms with van der Waals surface area (Å²) in [6.45, 7) is 0.246. The Bertz CT molecular complexity index is 824. The van der Waals surface area contributed by atoms with Gasteiger partial charge in [-0.1, -0.05) is 6.07 Å². The summed E-state index contributed by atoms with van der Waals surface area (Å²) >= 11 is 0. The highest BCUT2D eigenvalue weighted by Gasteiger charge is 2.38. The minimum absolute atomic E-state index is 0.176. The SMILES string of the molecule is CN(C(=O)c1cccnc1)C1CCN(c2cccc(C(F)(F)F)c2)C1=O. The molecule has 2 heterocycles. The van der Waals surface area contributed by atoms with Crippen molar-refractivity contribution in [2.24, 2.45) is 0 Å². The molecule has 0 saturated carbocycles. The van der Waals surface area contributed by atoms with Gasteiger partial charge in [0.15, 0.2) is 0 Å². The Morgan fingerprint density at radius 3 is 2.69 bits per heavy atom. The number of benzene rings is 1. The number of rotatable bonds is 3. The highest BCUT2D eigenvalue weighted by atomic mass is 19.4. The predicted molar refractivity (Wildman–Crippen MR) is 88.5 cm³/mol. The molecular weight excluding hydrogens is 347 g/mol. The number of halogens is 3. The molecule has 1 saturated heterocycles. The van der Waals surface area contributed by atoms with Gasteiger partial charge in [-0.3, -0.25) is 14.6 Å². The van der Waals surface area contributed by atoms with Crippen LogP contribution in [0.1, 0.15) is 22.3 Å². The monoisotopic (exact) mass is 363 g/mol. The van der Waals surface area contributed by atoms with Crippen molar-refractivity contribution in [2.45, 2.75) is 18.6 Å². The van der Waals surface area contributed by atoms with Gasteiger partial charge in [-0.25, -0.2) is 0 Å². The van der Waals surface area contributed by atoms with Crippen molar-refractivity contribution >= 4 is 17.5 Å². The van der Waals surface area contributed by atoms with Crippen LogP contribution in [0.15, 0.2) is 48.8 Å². The fourth-order valence-electron chi connectivity index (χ4n) is 2.97. The molecule has 26 heavy (non-hydrogen) atoms. The average Bonchev–Trinajstić information content (AvgIpc) is 3.02. The summed E-state index contributed by atoms with van der Waals surface area (Å²) in [5.74, 6) is -0.758. The van der Waals surface area contributed by atoms with Gasteiger partial charge in [-0.15, -0.1) is 0 Å². The van der Waals surface area contributed by atoms with Crippen LogP contribution in [0.5, 0.6) is 0 Å². The third-order valence-electron chi connectivity index (χ3n) is 4.36. The number of hydrogen-bond acceptors (Lipinski definition) is 3. The minimum Gasteiger partial charge on any atom is -0.330 e. The first-order chi connectivity index (χ1) is 12.3. The Hall–Kier alpha value is -2.90. The van der Waals surface area contributed by atoms with Crippen LogP contribution in [-0.2, 0) is 11.0 Å². The summed E-state index contributed by atoms with van der Waals surface area (Å²) in [6, 6.07) is 7.12. The van der Waals surface area contributed by atoms with Gasteiger partial charge in [0.25, 0.3) is 5.91 Å². The number of likely N-dealkylation sites (N-methyl/N-ethyl adjacent to an activating group) is 1. The molecule has 1 fully saturated rings. The van der Waals surface area contributed by atoms with Crippen LogP contribution < -0.4 is 4.90 Å². The first-order valence-electron chi connectivity index (χ1n) is 7.95. The van der Waals surface area contributed by atoms with Crippen molar-refractivity contribution in [3.05, 3.63) is 59.9 Å². The molecule has 2 aromatic rings. The first kappa shape index (κ1) is 17.9. The molecule has 1 aromatic carbocycles. The number of carbonyl (C=O) groups excluding carboxylic acids is 2. The number of alkyl halides is 3. The third kappa shape index (κ3) is 3.40. The molecule has 5 nitrogen and oxygen atoms in total. The molecule has 1 unspecified atom stereocenters. The highest BCUT2D eigenvalue weighted by molar-refractivity contribution is 6.03. The van der Waals surface area contributed by atoms with Crippen molar-refractivity contribution in [3.63, 3.8) is 0 Å². The van der Waals surface area contributed by atoms with Crippen LogP contribution >= 0.6 is 0 Å². The standard InChI is InChI=1S/C18H16F3N3O2/c1-23(16(25)12-4-3-8-22-11-12)15-7-9-24(17(15)26)14-6-2-5-13(10-14)18(19,20)21/h2-6,8,10-11,15H,7,9H2,1H3. The molecular formula is C18H16F3N3O2. The van der Waals surface area contributed by atoms with Crippen LogP contribution in [0.4, 0.5) is 18.9 Å². The Morgan fingerprint density at radius 2 is 2.04 bits per heavy atom. The van der Waals surface area contributed by atoms with Gasteiger partial charge in [0, 0.05) is 31.7 Å². The second-order valence-corrected chi connectivity index (χ2v) is 6.00. The minimum atomic E-state index is -4.48. The molecule has 0 aliphatic carbocycles. The van der Waals surface area contributed by atoms with E-state index in [1.165, 1.54) is 41.4 Å². The molecule has 1 aliphatic heterocycles. The van der Waals surface area contributed by atoms with Crippen LogP contribution in [-0.4, -0.2) is 41.3 Å². The van der Waals surface area contributed by atoms with E-state index in [0.29, 0.717) is 12.0 Å². The molecule has 136 valence electrons. The number of hydrogen-bond donors (Lipinski definition) is 0. The van der Waals surface area contributed by atoms with E-state index in [4.69, 9.17) is 0 Å². The van der Waals surface area contributed by atoms with E-state index < -0.39 is 23.7 Å². The smallest absolute Gasteiger partial charge is 0.330 e. The fourth-order valence-corrected chi connectivity index (χ4v) is 2.97. The van der Waals surface area contributed by atoms with E-state index >= 15 is 0 Å². The average molecular weight is 363 g/mol. The normalized spacial score (nSPS) is 17.5. The first-order valence-corrected chi connectivity index (χ1v) is 7.95. The Balaban J connectivity index is 1.79. The van der Waals surface area contributed by atoms with E-state index in [0.717, 1.165) is 12.1 Å². The van der Waals surface area contributed by atoms with Crippen molar-refractivity contribution in [1.82, 2.24) is 9.88 Å². The van der Waals surface area contributed by atoms with Crippen molar-refractivity contribution in [3.8, 4) is 0 Å². The fraction of sp³-hybridized carbons (Fsp3) is 0.278. The number of pyridine rings is 1. The van der Waals surface area contributed by atoms with Gasteiger partial charge in [-0.05, 0) is 36.8 Å². The summed E-state index contributed by atoms with van der Waals surface area (Å²) < 4.78 is 38.7. The molecule has 1 aliphatic rings. The molecule has 0 radical (unpaired) electrons. The molecule has 8 heteroatoms. The zero-order valence-corrected chi connectivity index (χ0v) is 13.9. The largest absolute Gasteiger partial charge is 0.416 e. The van der Waals surface area contributed by atoms with Gasteiger partial charge < -0.3 is 9.80 Å². The predicted octanol–water partition coefficient (Wildman–Crippen LogP) is 2.98. The van der Waals surface area contributed by atoms with Gasteiger partial charge in [0.05, 0.1) is 11.1 Å². The summed E-state index contributed by atoms with van der Waals surface area (Å²) in [5.41, 5.74) is -0.291. The third-order valence-corrected chi connectivity index (χ3v) is 4.36. The number of carbonyl (C=O) groups is 2. The number of aromatic nitrogens is 1. The number of nitrogens with zero attached hydrogens (tertiary/aromatic N) is 3. The lowest BCUT2D eigenvalue weighted by atomic mass is 10.1. The van der Waals surface area contributed by atoms with Crippen molar-refractivity contribution in [2.75, 3.05) is 18.5 Å². The lowest BCUT2D eigenvalue weighted by Crippen LogP contribution is -2.43. The van der Waals surface area contributed by atoms with Gasteiger partial charge in [-0.2, -0.15) is 13.2 Å². The second-order valence-electron chi connectivity index (χ2n) is 6.00. The van der Waals surface area contributed by atoms with Crippen molar-refractivity contribution < 1.29 is 22.8 Å². The van der Waals surface area contributed by atoms with E-state index in [2.05, 4.69) is 4.98 Å². The quantitative estimate of drug-likeness (QED) is 0.843. The van der Waals surface area contributed by atoms with Gasteiger partial charge in [0.2, 0.25) is 5.91 Å². The van der Waals surface area contributed by atoms with Crippen LogP contribution in [0.3, 0.4) is 0 Å². The number of amides is 2. The van der Waals surface area contributed by atoms with E-state index in [1.54, 1.807) is 12.1 Å². The summed E-state index contributed by atoms with van der Waals surface area (Å²) in [6.07, 6.45) is -1.20. The Morgan fingerprint density at radius 1 is 1.27 bits per heavy atom. The highest BCUT2D eigenvalue weighted by Crippen LogP contribution is 2.33. The maximum absolute atomic E-state index is 12.9. The second kappa shape index (κ2) is 6.78. The van der Waals surface area contributed by atoms with Crippen molar-refractivity contribution in [1.29, 1.82) is 0 Å². The molecule has 1 atom stereocenters. The summed E-state index contributed by atoms with van der Waals surface area (Å²) in [5, 5.41) is 0. The molecule has 0 spiro atoms. The Kier molecular flexibility index (Phi) is 4.67. The Labute approximate surface area is 148 Å². The maximum atomic E-state index is 12.9. The lowest BCUT2D eigenvalue weighted by molar-refractivity contribution is -0.137. The van der Waals surface area contributed by atoms with Crippen LogP contribution in [0.25, 0.3) is 0 Å². The summed E-state index contributed by atoms with van der Waals surface area (Å²) in [4.78, 5) is 31.6.